The molecule has 0 spiro atoms. The first kappa shape index (κ1) is 14.2. The summed E-state index contributed by atoms with van der Waals surface area (Å²) in [5.74, 6) is -0.923. The van der Waals surface area contributed by atoms with Gasteiger partial charge in [-0.15, -0.1) is 0 Å². The van der Waals surface area contributed by atoms with E-state index in [0.29, 0.717) is 10.0 Å². The number of H-pyrrole nitrogens is 2. The summed E-state index contributed by atoms with van der Waals surface area (Å²) in [7, 11) is 0. The molecule has 1 aliphatic rings. The summed E-state index contributed by atoms with van der Waals surface area (Å²) in [6.45, 7) is 0. The van der Waals surface area contributed by atoms with Crippen LogP contribution in [0.2, 0.25) is 0 Å². The predicted molar refractivity (Wildman–Crippen MR) is 81.1 cm³/mol. The number of allylic oxidation sites excluding steroid dienone is 1. The Morgan fingerprint density at radius 1 is 1.27 bits per heavy atom. The van der Waals surface area contributed by atoms with E-state index < -0.39 is 17.2 Å². The fraction of sp³-hybridized carbons (Fsp3) is 0.0714. The van der Waals surface area contributed by atoms with Crippen molar-refractivity contribution >= 4 is 15.9 Å². The van der Waals surface area contributed by atoms with Crippen molar-refractivity contribution < 1.29 is 4.74 Å². The summed E-state index contributed by atoms with van der Waals surface area (Å²) >= 11 is 3.40. The van der Waals surface area contributed by atoms with Crippen LogP contribution >= 0.6 is 15.9 Å². The number of aromatic nitrogens is 2. The molecule has 2 aromatic rings. The second-order valence-electron chi connectivity index (χ2n) is 4.60. The van der Waals surface area contributed by atoms with E-state index in [-0.39, 0.29) is 22.9 Å². The molecule has 1 aromatic heterocycles. The zero-order valence-corrected chi connectivity index (χ0v) is 12.6. The molecule has 0 bridgehead atoms. The van der Waals surface area contributed by atoms with Crippen LogP contribution in [-0.2, 0) is 0 Å². The van der Waals surface area contributed by atoms with Crippen LogP contribution in [0.1, 0.15) is 17.0 Å². The van der Waals surface area contributed by atoms with Crippen LogP contribution < -0.4 is 21.7 Å². The van der Waals surface area contributed by atoms with Gasteiger partial charge in [0.2, 0.25) is 11.8 Å². The van der Waals surface area contributed by atoms with Crippen LogP contribution in [0, 0.1) is 11.3 Å². The van der Waals surface area contributed by atoms with Gasteiger partial charge in [0.05, 0.1) is 11.5 Å². The number of nitrogens with one attached hydrogen (secondary N) is 2. The molecule has 110 valence electrons. The number of nitrogens with zero attached hydrogens (tertiary/aromatic N) is 1. The molecule has 1 aromatic carbocycles. The van der Waals surface area contributed by atoms with Crippen molar-refractivity contribution in [3.05, 3.63) is 72.2 Å². The largest absolute Gasteiger partial charge is 0.424 e. The van der Waals surface area contributed by atoms with E-state index in [2.05, 4.69) is 25.9 Å². The maximum absolute atomic E-state index is 12.2. The molecule has 0 radical (unpaired) electrons. The lowest BCUT2D eigenvalue weighted by molar-refractivity contribution is 0.373. The van der Waals surface area contributed by atoms with Gasteiger partial charge in [-0.25, -0.2) is 4.79 Å². The SMILES string of the molecule is N#CC1=C(N)Oc2[nH]c(=O)[nH]c(=O)c2[C@H]1c1ccccc1Br. The number of nitrogens with two attached hydrogens (primary N) is 1. The van der Waals surface area contributed by atoms with E-state index in [1.165, 1.54) is 0 Å². The third-order valence-corrected chi connectivity index (χ3v) is 4.06. The Morgan fingerprint density at radius 3 is 2.68 bits per heavy atom. The molecular formula is C14H9BrN4O3. The molecule has 7 nitrogen and oxygen atoms in total. The highest BCUT2D eigenvalue weighted by atomic mass is 79.9. The summed E-state index contributed by atoms with van der Waals surface area (Å²) < 4.78 is 5.94. The van der Waals surface area contributed by atoms with Crippen molar-refractivity contribution in [2.24, 2.45) is 5.73 Å². The number of aromatic amines is 2. The Balaban J connectivity index is 2.38. The van der Waals surface area contributed by atoms with Crippen molar-refractivity contribution in [3.63, 3.8) is 0 Å². The van der Waals surface area contributed by atoms with Gasteiger partial charge in [0, 0.05) is 4.47 Å². The van der Waals surface area contributed by atoms with Crippen molar-refractivity contribution in [1.82, 2.24) is 9.97 Å². The van der Waals surface area contributed by atoms with Crippen LogP contribution in [0.25, 0.3) is 0 Å². The number of rotatable bonds is 1. The summed E-state index contributed by atoms with van der Waals surface area (Å²) in [5, 5.41) is 9.39. The lowest BCUT2D eigenvalue weighted by atomic mass is 9.85. The molecule has 22 heavy (non-hydrogen) atoms. The van der Waals surface area contributed by atoms with Gasteiger partial charge in [0.1, 0.15) is 11.6 Å². The van der Waals surface area contributed by atoms with Crippen molar-refractivity contribution in [2.45, 2.75) is 5.92 Å². The highest BCUT2D eigenvalue weighted by Gasteiger charge is 2.34. The van der Waals surface area contributed by atoms with Crippen molar-refractivity contribution in [2.75, 3.05) is 0 Å². The van der Waals surface area contributed by atoms with E-state index >= 15 is 0 Å². The van der Waals surface area contributed by atoms with Gasteiger partial charge in [0.15, 0.2) is 0 Å². The average molecular weight is 361 g/mol. The maximum atomic E-state index is 12.2. The molecule has 0 amide bonds. The number of hydrogen-bond donors (Lipinski definition) is 3. The number of halogens is 1. The topological polar surface area (TPSA) is 125 Å². The molecule has 0 aliphatic carbocycles. The number of fused-ring (bicyclic) bond motifs is 1. The van der Waals surface area contributed by atoms with Gasteiger partial charge < -0.3 is 10.5 Å². The predicted octanol–water partition coefficient (Wildman–Crippen LogP) is 1.04. The summed E-state index contributed by atoms with van der Waals surface area (Å²) in [6, 6.07) is 9.11. The molecule has 0 saturated heterocycles. The first-order valence-corrected chi connectivity index (χ1v) is 7.00. The first-order valence-electron chi connectivity index (χ1n) is 6.21. The van der Waals surface area contributed by atoms with E-state index in [4.69, 9.17) is 10.5 Å². The normalized spacial score (nSPS) is 16.6. The molecule has 8 heteroatoms. The minimum atomic E-state index is -0.732. The third-order valence-electron chi connectivity index (χ3n) is 3.33. The molecule has 0 unspecified atom stereocenters. The lowest BCUT2D eigenvalue weighted by Crippen LogP contribution is -2.33. The van der Waals surface area contributed by atoms with Gasteiger partial charge in [0.25, 0.3) is 5.56 Å². The van der Waals surface area contributed by atoms with Crippen LogP contribution in [0.15, 0.2) is 49.8 Å². The zero-order chi connectivity index (χ0) is 15.9. The molecule has 1 aliphatic heterocycles. The average Bonchev–Trinajstić information content (AvgIpc) is 2.46. The fourth-order valence-corrected chi connectivity index (χ4v) is 2.92. The highest BCUT2D eigenvalue weighted by Crippen LogP contribution is 2.40. The summed E-state index contributed by atoms with van der Waals surface area (Å²) in [5.41, 5.74) is 5.35. The second-order valence-corrected chi connectivity index (χ2v) is 5.45. The molecule has 3 rings (SSSR count). The second kappa shape index (κ2) is 5.20. The molecule has 2 heterocycles. The minimum Gasteiger partial charge on any atom is -0.424 e. The molecule has 1 atom stereocenters. The number of ether oxygens (including phenoxy) is 1. The molecule has 0 fully saturated rings. The van der Waals surface area contributed by atoms with Gasteiger partial charge in [-0.2, -0.15) is 5.26 Å². The Kier molecular flexibility index (Phi) is 3.35. The van der Waals surface area contributed by atoms with E-state index in [0.717, 1.165) is 0 Å². The van der Waals surface area contributed by atoms with Crippen molar-refractivity contribution in [1.29, 1.82) is 5.26 Å². The van der Waals surface area contributed by atoms with E-state index in [9.17, 15) is 14.9 Å². The highest BCUT2D eigenvalue weighted by molar-refractivity contribution is 9.10. The van der Waals surface area contributed by atoms with Crippen LogP contribution in [0.4, 0.5) is 0 Å². The van der Waals surface area contributed by atoms with Gasteiger partial charge in [-0.3, -0.25) is 14.8 Å². The Morgan fingerprint density at radius 2 is 2.00 bits per heavy atom. The molecule has 4 N–H and O–H groups in total. The molecule has 0 saturated carbocycles. The Hall–Kier alpha value is -2.79. The van der Waals surface area contributed by atoms with Crippen molar-refractivity contribution in [3.8, 4) is 11.9 Å². The quantitative estimate of drug-likeness (QED) is 0.700. The number of benzene rings is 1. The van der Waals surface area contributed by atoms with E-state index in [1.807, 2.05) is 12.1 Å². The fourth-order valence-electron chi connectivity index (χ4n) is 2.41. The van der Waals surface area contributed by atoms with Gasteiger partial charge in [-0.05, 0) is 11.6 Å². The zero-order valence-electron chi connectivity index (χ0n) is 11.0. The Bertz CT molecular complexity index is 952. The first-order chi connectivity index (χ1) is 10.5. The molecular weight excluding hydrogens is 352 g/mol. The number of hydrogen-bond acceptors (Lipinski definition) is 5. The van der Waals surface area contributed by atoms with Crippen LogP contribution in [0.3, 0.4) is 0 Å². The minimum absolute atomic E-state index is 0.0500. The number of nitriles is 1. The van der Waals surface area contributed by atoms with Gasteiger partial charge in [-0.1, -0.05) is 34.1 Å². The van der Waals surface area contributed by atoms with E-state index in [1.54, 1.807) is 18.2 Å². The smallest absolute Gasteiger partial charge is 0.328 e. The summed E-state index contributed by atoms with van der Waals surface area (Å²) in [4.78, 5) is 28.1. The Labute approximate surface area is 132 Å². The van der Waals surface area contributed by atoms with Crippen LogP contribution in [-0.4, -0.2) is 9.97 Å². The lowest BCUT2D eigenvalue weighted by Gasteiger charge is -2.25. The standard InChI is InChI=1S/C14H9BrN4O3/c15-8-4-2-1-3-6(8)9-7(5-16)11(17)22-13-10(9)12(20)18-14(21)19-13/h1-4,9H,17H2,(H2,18,19,20,21)/t9-/m0/s1. The third kappa shape index (κ3) is 2.12. The maximum Gasteiger partial charge on any atom is 0.328 e. The van der Waals surface area contributed by atoms with Gasteiger partial charge >= 0.3 is 5.69 Å². The monoisotopic (exact) mass is 360 g/mol. The van der Waals surface area contributed by atoms with Crippen LogP contribution in [0.5, 0.6) is 5.88 Å². The summed E-state index contributed by atoms with van der Waals surface area (Å²) in [6.07, 6.45) is 0.